The van der Waals surface area contributed by atoms with E-state index in [1.54, 1.807) is 5.57 Å². The zero-order valence-electron chi connectivity index (χ0n) is 15.3. The van der Waals surface area contributed by atoms with Crippen LogP contribution < -0.4 is 0 Å². The molecule has 1 aliphatic carbocycles. The first kappa shape index (κ1) is 17.3. The molecule has 4 rings (SSSR count). The standard InChI is InChI=1S/C22H31NO2/c24-22(11-15-25-16-12-22)20-8-6-19(7-9-20)17-18-3-2-13-23(14-10-18)21-4-1-5-21/h6-9,17,21,24H,1-5,10-16H2/b18-17-. The van der Waals surface area contributed by atoms with Gasteiger partial charge in [0.15, 0.2) is 0 Å². The van der Waals surface area contributed by atoms with Crippen molar-refractivity contribution >= 4 is 6.08 Å². The van der Waals surface area contributed by atoms with Gasteiger partial charge in [0.2, 0.25) is 0 Å². The molecule has 1 saturated carbocycles. The van der Waals surface area contributed by atoms with Crippen LogP contribution in [-0.2, 0) is 10.3 Å². The molecule has 0 aromatic heterocycles. The average molecular weight is 341 g/mol. The van der Waals surface area contributed by atoms with Gasteiger partial charge >= 0.3 is 0 Å². The smallest absolute Gasteiger partial charge is 0.0940 e. The summed E-state index contributed by atoms with van der Waals surface area (Å²) in [5.41, 5.74) is 3.19. The number of rotatable bonds is 3. The molecule has 0 amide bonds. The molecule has 0 atom stereocenters. The maximum Gasteiger partial charge on any atom is 0.0940 e. The van der Waals surface area contributed by atoms with Gasteiger partial charge in [0.25, 0.3) is 0 Å². The van der Waals surface area contributed by atoms with E-state index in [4.69, 9.17) is 4.74 Å². The second-order valence-electron chi connectivity index (χ2n) is 8.04. The van der Waals surface area contributed by atoms with Crippen LogP contribution in [0.2, 0.25) is 0 Å². The number of hydrogen-bond acceptors (Lipinski definition) is 3. The summed E-state index contributed by atoms with van der Waals surface area (Å²) in [5.74, 6) is 0. The summed E-state index contributed by atoms with van der Waals surface area (Å²) in [6, 6.07) is 9.43. The molecule has 3 fully saturated rings. The van der Waals surface area contributed by atoms with Crippen molar-refractivity contribution in [3.05, 3.63) is 41.0 Å². The molecule has 0 spiro atoms. The molecule has 0 unspecified atom stereocenters. The molecule has 3 aliphatic rings. The van der Waals surface area contributed by atoms with Crippen LogP contribution in [0.15, 0.2) is 29.8 Å². The predicted octanol–water partition coefficient (Wildman–Crippen LogP) is 4.11. The summed E-state index contributed by atoms with van der Waals surface area (Å²) in [6.07, 6.45) is 11.8. The van der Waals surface area contributed by atoms with Crippen molar-refractivity contribution < 1.29 is 9.84 Å². The minimum atomic E-state index is -0.699. The van der Waals surface area contributed by atoms with Crippen molar-refractivity contribution in [1.29, 1.82) is 0 Å². The van der Waals surface area contributed by atoms with Gasteiger partial charge in [-0.25, -0.2) is 0 Å². The van der Waals surface area contributed by atoms with Crippen LogP contribution in [0, 0.1) is 0 Å². The van der Waals surface area contributed by atoms with Crippen LogP contribution in [0.3, 0.4) is 0 Å². The van der Waals surface area contributed by atoms with E-state index in [0.717, 1.165) is 11.6 Å². The van der Waals surface area contributed by atoms with E-state index in [2.05, 4.69) is 35.2 Å². The first-order valence-electron chi connectivity index (χ1n) is 10.1. The molecule has 1 N–H and O–H groups in total. The lowest BCUT2D eigenvalue weighted by molar-refractivity contribution is -0.0679. The summed E-state index contributed by atoms with van der Waals surface area (Å²) in [6.45, 7) is 3.81. The molecule has 1 aromatic rings. The number of hydrogen-bond donors (Lipinski definition) is 1. The quantitative estimate of drug-likeness (QED) is 0.898. The van der Waals surface area contributed by atoms with E-state index >= 15 is 0 Å². The molecule has 3 nitrogen and oxygen atoms in total. The lowest BCUT2D eigenvalue weighted by Crippen LogP contribution is -2.40. The summed E-state index contributed by atoms with van der Waals surface area (Å²) in [4.78, 5) is 2.72. The normalized spacial score (nSPS) is 27.0. The Morgan fingerprint density at radius 2 is 1.76 bits per heavy atom. The van der Waals surface area contributed by atoms with Crippen molar-refractivity contribution in [2.45, 2.75) is 63.0 Å². The maximum absolute atomic E-state index is 10.8. The number of nitrogens with zero attached hydrogens (tertiary/aromatic N) is 1. The average Bonchev–Trinajstić information content (AvgIpc) is 2.80. The molecule has 25 heavy (non-hydrogen) atoms. The molecule has 2 saturated heterocycles. The van der Waals surface area contributed by atoms with Crippen LogP contribution in [0.1, 0.15) is 62.5 Å². The van der Waals surface area contributed by atoms with Crippen LogP contribution in [0.5, 0.6) is 0 Å². The molecule has 2 heterocycles. The van der Waals surface area contributed by atoms with Crippen LogP contribution in [0.25, 0.3) is 6.08 Å². The molecule has 3 heteroatoms. The summed E-state index contributed by atoms with van der Waals surface area (Å²) >= 11 is 0. The van der Waals surface area contributed by atoms with Crippen LogP contribution in [-0.4, -0.2) is 42.4 Å². The fourth-order valence-corrected chi connectivity index (χ4v) is 4.42. The molecular formula is C22H31NO2. The maximum atomic E-state index is 10.8. The van der Waals surface area contributed by atoms with Gasteiger partial charge in [0.1, 0.15) is 0 Å². The van der Waals surface area contributed by atoms with Crippen molar-refractivity contribution in [3.8, 4) is 0 Å². The van der Waals surface area contributed by atoms with Gasteiger partial charge < -0.3 is 14.7 Å². The Bertz CT molecular complexity index is 597. The Labute approximate surface area is 151 Å². The third-order valence-electron chi connectivity index (χ3n) is 6.39. The van der Waals surface area contributed by atoms with Crippen molar-refractivity contribution in [2.24, 2.45) is 0 Å². The lowest BCUT2D eigenvalue weighted by Gasteiger charge is -2.36. The van der Waals surface area contributed by atoms with Crippen LogP contribution >= 0.6 is 0 Å². The fraction of sp³-hybridized carbons (Fsp3) is 0.636. The van der Waals surface area contributed by atoms with Gasteiger partial charge in [-0.1, -0.05) is 42.3 Å². The van der Waals surface area contributed by atoms with Gasteiger partial charge in [-0.3, -0.25) is 0 Å². The van der Waals surface area contributed by atoms with Gasteiger partial charge in [-0.15, -0.1) is 0 Å². The Balaban J connectivity index is 1.40. The summed E-state index contributed by atoms with van der Waals surface area (Å²) < 4.78 is 5.39. The topological polar surface area (TPSA) is 32.7 Å². The SMILES string of the molecule is OC1(c2ccc(/C=C3/CCCN(C4CCC4)CC3)cc2)CCOCC1. The van der Waals surface area contributed by atoms with E-state index in [9.17, 15) is 5.11 Å². The first-order chi connectivity index (χ1) is 12.2. The molecular weight excluding hydrogens is 310 g/mol. The van der Waals surface area contributed by atoms with E-state index in [-0.39, 0.29) is 0 Å². The Morgan fingerprint density at radius 3 is 2.44 bits per heavy atom. The van der Waals surface area contributed by atoms with Crippen molar-refractivity contribution in [2.75, 3.05) is 26.3 Å². The Morgan fingerprint density at radius 1 is 1.00 bits per heavy atom. The van der Waals surface area contributed by atoms with Gasteiger partial charge in [-0.2, -0.15) is 0 Å². The minimum Gasteiger partial charge on any atom is -0.385 e. The molecule has 2 aliphatic heterocycles. The van der Waals surface area contributed by atoms with E-state index in [1.165, 1.54) is 57.2 Å². The molecule has 0 bridgehead atoms. The van der Waals surface area contributed by atoms with E-state index < -0.39 is 5.60 Å². The van der Waals surface area contributed by atoms with Crippen molar-refractivity contribution in [1.82, 2.24) is 4.90 Å². The number of aliphatic hydroxyl groups is 1. The second-order valence-corrected chi connectivity index (χ2v) is 8.04. The number of benzene rings is 1. The fourth-order valence-electron chi connectivity index (χ4n) is 4.42. The highest BCUT2D eigenvalue weighted by atomic mass is 16.5. The summed E-state index contributed by atoms with van der Waals surface area (Å²) in [7, 11) is 0. The Hall–Kier alpha value is -1.16. The van der Waals surface area contributed by atoms with E-state index in [1.807, 2.05) is 0 Å². The zero-order valence-corrected chi connectivity index (χ0v) is 15.3. The molecule has 0 radical (unpaired) electrons. The third kappa shape index (κ3) is 3.99. The highest BCUT2D eigenvalue weighted by molar-refractivity contribution is 5.53. The molecule has 136 valence electrons. The van der Waals surface area contributed by atoms with Gasteiger partial charge in [-0.05, 0) is 49.8 Å². The first-order valence-corrected chi connectivity index (χ1v) is 10.1. The highest BCUT2D eigenvalue weighted by Crippen LogP contribution is 2.32. The second kappa shape index (κ2) is 7.61. The van der Waals surface area contributed by atoms with Gasteiger partial charge in [0, 0.05) is 38.6 Å². The summed E-state index contributed by atoms with van der Waals surface area (Å²) in [5, 5.41) is 10.8. The highest BCUT2D eigenvalue weighted by Gasteiger charge is 2.31. The number of likely N-dealkylation sites (tertiary alicyclic amines) is 1. The number of ether oxygens (including phenoxy) is 1. The Kier molecular flexibility index (Phi) is 5.25. The largest absolute Gasteiger partial charge is 0.385 e. The molecule has 1 aromatic carbocycles. The lowest BCUT2D eigenvalue weighted by atomic mass is 9.86. The van der Waals surface area contributed by atoms with Crippen LogP contribution in [0.4, 0.5) is 0 Å². The monoisotopic (exact) mass is 341 g/mol. The predicted molar refractivity (Wildman–Crippen MR) is 101 cm³/mol. The van der Waals surface area contributed by atoms with Crippen molar-refractivity contribution in [3.63, 3.8) is 0 Å². The zero-order chi connectivity index (χ0) is 17.1. The van der Waals surface area contributed by atoms with Gasteiger partial charge in [0.05, 0.1) is 5.60 Å². The van der Waals surface area contributed by atoms with E-state index in [0.29, 0.717) is 26.1 Å². The third-order valence-corrected chi connectivity index (χ3v) is 6.39. The minimum absolute atomic E-state index is 0.653.